The summed E-state index contributed by atoms with van der Waals surface area (Å²) in [5, 5.41) is 16.9. The lowest BCUT2D eigenvalue weighted by Gasteiger charge is -1.97. The summed E-state index contributed by atoms with van der Waals surface area (Å²) in [6.45, 7) is 0. The number of aromatic nitrogens is 1. The van der Waals surface area contributed by atoms with Gasteiger partial charge in [-0.25, -0.2) is 4.98 Å². The highest BCUT2D eigenvalue weighted by Crippen LogP contribution is 2.03. The predicted molar refractivity (Wildman–Crippen MR) is 44.9 cm³/mol. The summed E-state index contributed by atoms with van der Waals surface area (Å²) in [7, 11) is 0. The van der Waals surface area contributed by atoms with Gasteiger partial charge in [-0.15, -0.1) is 0 Å². The molecule has 0 spiro atoms. The number of pyridine rings is 1. The molecule has 0 aliphatic carbocycles. The number of carboxylic acids is 1. The normalized spacial score (nSPS) is 9.15. The molecule has 1 heterocycles. The third kappa shape index (κ3) is 2.91. The van der Waals surface area contributed by atoms with Crippen LogP contribution in [0.25, 0.3) is 0 Å². The van der Waals surface area contributed by atoms with E-state index in [1.54, 1.807) is 12.1 Å². The molecule has 1 aromatic heterocycles. The maximum Gasteiger partial charge on any atom is 0.303 e. The van der Waals surface area contributed by atoms with Gasteiger partial charge in [0.15, 0.2) is 0 Å². The summed E-state index contributed by atoms with van der Waals surface area (Å²) >= 11 is 0. The van der Waals surface area contributed by atoms with E-state index in [4.69, 9.17) is 10.4 Å². The van der Waals surface area contributed by atoms with Crippen LogP contribution in [0.1, 0.15) is 17.7 Å². The average Bonchev–Trinajstić information content (AvgIpc) is 2.15. The molecule has 1 rings (SSSR count). The fourth-order valence-electron chi connectivity index (χ4n) is 0.942. The standard InChI is InChI=1S/C9H8N2O2/c10-6-8-5-7(3-4-11-8)1-2-9(12)13/h3-5H,1-2H2,(H,12,13). The number of rotatable bonds is 3. The summed E-state index contributed by atoms with van der Waals surface area (Å²) in [5.41, 5.74) is 1.15. The molecule has 13 heavy (non-hydrogen) atoms. The summed E-state index contributed by atoms with van der Waals surface area (Å²) in [6, 6.07) is 5.21. The zero-order valence-electron chi connectivity index (χ0n) is 6.90. The van der Waals surface area contributed by atoms with E-state index in [0.29, 0.717) is 12.1 Å². The Hall–Kier alpha value is -1.89. The summed E-state index contributed by atoms with van der Waals surface area (Å²) in [5.74, 6) is -0.838. The van der Waals surface area contributed by atoms with Crippen molar-refractivity contribution in [2.45, 2.75) is 12.8 Å². The number of carbonyl (C=O) groups is 1. The number of carboxylic acid groups (broad SMARTS) is 1. The Labute approximate surface area is 75.5 Å². The van der Waals surface area contributed by atoms with Crippen molar-refractivity contribution >= 4 is 5.97 Å². The fraction of sp³-hybridized carbons (Fsp3) is 0.222. The first-order valence-corrected chi connectivity index (χ1v) is 3.79. The second kappa shape index (κ2) is 4.21. The molecule has 0 unspecified atom stereocenters. The van der Waals surface area contributed by atoms with Crippen LogP contribution in [0, 0.1) is 11.3 Å². The first-order valence-electron chi connectivity index (χ1n) is 3.79. The van der Waals surface area contributed by atoms with Gasteiger partial charge in [-0.3, -0.25) is 4.79 Å². The largest absolute Gasteiger partial charge is 0.481 e. The van der Waals surface area contributed by atoms with Crippen LogP contribution in [0.15, 0.2) is 18.3 Å². The lowest BCUT2D eigenvalue weighted by Crippen LogP contribution is -1.98. The van der Waals surface area contributed by atoms with Gasteiger partial charge in [0, 0.05) is 12.6 Å². The molecule has 66 valence electrons. The van der Waals surface area contributed by atoms with E-state index in [1.165, 1.54) is 6.20 Å². The molecular formula is C9H8N2O2. The minimum atomic E-state index is -0.838. The molecule has 0 fully saturated rings. The Kier molecular flexibility index (Phi) is 2.98. The van der Waals surface area contributed by atoms with E-state index >= 15 is 0 Å². The zero-order chi connectivity index (χ0) is 9.68. The van der Waals surface area contributed by atoms with Gasteiger partial charge in [0.1, 0.15) is 11.8 Å². The van der Waals surface area contributed by atoms with Crippen LogP contribution in [-0.2, 0) is 11.2 Å². The average molecular weight is 176 g/mol. The molecule has 0 amide bonds. The van der Waals surface area contributed by atoms with E-state index in [9.17, 15) is 4.79 Å². The van der Waals surface area contributed by atoms with E-state index in [-0.39, 0.29) is 6.42 Å². The van der Waals surface area contributed by atoms with Crippen molar-refractivity contribution in [2.75, 3.05) is 0 Å². The van der Waals surface area contributed by atoms with Gasteiger partial charge in [-0.2, -0.15) is 5.26 Å². The SMILES string of the molecule is N#Cc1cc(CCC(=O)O)ccn1. The first-order chi connectivity index (χ1) is 6.22. The van der Waals surface area contributed by atoms with Gasteiger partial charge in [-0.1, -0.05) is 0 Å². The lowest BCUT2D eigenvalue weighted by molar-refractivity contribution is -0.136. The van der Waals surface area contributed by atoms with Crippen molar-refractivity contribution in [2.24, 2.45) is 0 Å². The molecule has 0 radical (unpaired) electrons. The van der Waals surface area contributed by atoms with Gasteiger partial charge in [-0.05, 0) is 24.1 Å². The number of nitriles is 1. The molecule has 0 aliphatic heterocycles. The molecule has 0 atom stereocenters. The topological polar surface area (TPSA) is 74.0 Å². The van der Waals surface area contributed by atoms with Gasteiger partial charge < -0.3 is 5.11 Å². The van der Waals surface area contributed by atoms with Gasteiger partial charge in [0.2, 0.25) is 0 Å². The number of nitrogens with zero attached hydrogens (tertiary/aromatic N) is 2. The number of aliphatic carboxylic acids is 1. The van der Waals surface area contributed by atoms with Crippen LogP contribution < -0.4 is 0 Å². The van der Waals surface area contributed by atoms with Crippen LogP contribution in [0.3, 0.4) is 0 Å². The van der Waals surface area contributed by atoms with Crippen molar-refractivity contribution in [3.63, 3.8) is 0 Å². The quantitative estimate of drug-likeness (QED) is 0.744. The molecule has 1 N–H and O–H groups in total. The number of hydrogen-bond acceptors (Lipinski definition) is 3. The summed E-state index contributed by atoms with van der Waals surface area (Å²) in [6.07, 6.45) is 2.02. The fourth-order valence-corrected chi connectivity index (χ4v) is 0.942. The van der Waals surface area contributed by atoms with Gasteiger partial charge in [0.05, 0.1) is 0 Å². The van der Waals surface area contributed by atoms with Crippen LogP contribution in [0.4, 0.5) is 0 Å². The first kappa shape index (κ1) is 9.20. The third-order valence-corrected chi connectivity index (χ3v) is 1.57. The second-order valence-corrected chi connectivity index (χ2v) is 2.55. The van der Waals surface area contributed by atoms with Crippen LogP contribution in [0.2, 0.25) is 0 Å². The Morgan fingerprint density at radius 1 is 1.69 bits per heavy atom. The van der Waals surface area contributed by atoms with Crippen LogP contribution in [-0.4, -0.2) is 16.1 Å². The molecule has 1 aromatic rings. The molecule has 0 saturated heterocycles. The van der Waals surface area contributed by atoms with Crippen LogP contribution in [0.5, 0.6) is 0 Å². The van der Waals surface area contributed by atoms with Crippen molar-refractivity contribution in [3.05, 3.63) is 29.6 Å². The van der Waals surface area contributed by atoms with E-state index in [2.05, 4.69) is 4.98 Å². The highest BCUT2D eigenvalue weighted by molar-refractivity contribution is 5.67. The maximum atomic E-state index is 10.2. The van der Waals surface area contributed by atoms with Gasteiger partial charge >= 0.3 is 5.97 Å². The summed E-state index contributed by atoms with van der Waals surface area (Å²) in [4.78, 5) is 14.0. The Morgan fingerprint density at radius 2 is 2.46 bits per heavy atom. The minimum absolute atomic E-state index is 0.0783. The third-order valence-electron chi connectivity index (χ3n) is 1.57. The van der Waals surface area contributed by atoms with E-state index < -0.39 is 5.97 Å². The second-order valence-electron chi connectivity index (χ2n) is 2.55. The Bertz CT molecular complexity index is 355. The molecule has 0 bridgehead atoms. The number of aryl methyl sites for hydroxylation is 1. The summed E-state index contributed by atoms with van der Waals surface area (Å²) < 4.78 is 0. The predicted octanol–water partition coefficient (Wildman–Crippen LogP) is 0.970. The molecule has 0 aromatic carbocycles. The van der Waals surface area contributed by atoms with E-state index in [1.807, 2.05) is 6.07 Å². The van der Waals surface area contributed by atoms with Crippen molar-refractivity contribution < 1.29 is 9.90 Å². The molecule has 4 heteroatoms. The molecule has 4 nitrogen and oxygen atoms in total. The molecular weight excluding hydrogens is 168 g/mol. The molecule has 0 saturated carbocycles. The van der Waals surface area contributed by atoms with Crippen LogP contribution >= 0.6 is 0 Å². The van der Waals surface area contributed by atoms with Crippen molar-refractivity contribution in [1.29, 1.82) is 5.26 Å². The maximum absolute atomic E-state index is 10.2. The van der Waals surface area contributed by atoms with Crippen molar-refractivity contribution in [1.82, 2.24) is 4.98 Å². The molecule has 0 aliphatic rings. The highest BCUT2D eigenvalue weighted by atomic mass is 16.4. The Morgan fingerprint density at radius 3 is 3.08 bits per heavy atom. The van der Waals surface area contributed by atoms with E-state index in [0.717, 1.165) is 5.56 Å². The monoisotopic (exact) mass is 176 g/mol. The van der Waals surface area contributed by atoms with Gasteiger partial charge in [0.25, 0.3) is 0 Å². The minimum Gasteiger partial charge on any atom is -0.481 e. The lowest BCUT2D eigenvalue weighted by atomic mass is 10.1. The highest BCUT2D eigenvalue weighted by Gasteiger charge is 2.00. The smallest absolute Gasteiger partial charge is 0.303 e. The number of hydrogen-bond donors (Lipinski definition) is 1. The van der Waals surface area contributed by atoms with Crippen molar-refractivity contribution in [3.8, 4) is 6.07 Å². The Balaban J connectivity index is 2.68. The zero-order valence-corrected chi connectivity index (χ0v) is 6.90.